The van der Waals surface area contributed by atoms with Crippen LogP contribution in [0.5, 0.6) is 0 Å². The van der Waals surface area contributed by atoms with Crippen molar-refractivity contribution in [3.05, 3.63) is 64.7 Å². The van der Waals surface area contributed by atoms with Crippen molar-refractivity contribution in [2.45, 2.75) is 30.7 Å². The number of amides is 1. The number of benzene rings is 2. The lowest BCUT2D eigenvalue weighted by atomic mass is 10.1. The first kappa shape index (κ1) is 21.8. The number of hydrogen-bond donors (Lipinski definition) is 2. The van der Waals surface area contributed by atoms with Crippen LogP contribution in [0, 0.1) is 0 Å². The number of carbonyl (C=O) groups is 1. The molecule has 2 aromatic rings. The molecule has 1 aliphatic heterocycles. The van der Waals surface area contributed by atoms with Crippen molar-refractivity contribution >= 4 is 44.5 Å². The van der Waals surface area contributed by atoms with Crippen LogP contribution in [-0.2, 0) is 16.4 Å². The third kappa shape index (κ3) is 6.05. The second kappa shape index (κ2) is 9.75. The van der Waals surface area contributed by atoms with Gasteiger partial charge in [0.1, 0.15) is 0 Å². The van der Waals surface area contributed by atoms with E-state index in [9.17, 15) is 13.2 Å². The van der Waals surface area contributed by atoms with E-state index >= 15 is 0 Å². The summed E-state index contributed by atoms with van der Waals surface area (Å²) in [5.41, 5.74) is 1.25. The van der Waals surface area contributed by atoms with Crippen molar-refractivity contribution < 1.29 is 13.2 Å². The van der Waals surface area contributed by atoms with E-state index in [1.807, 2.05) is 37.3 Å². The van der Waals surface area contributed by atoms with Crippen molar-refractivity contribution in [1.29, 1.82) is 0 Å². The van der Waals surface area contributed by atoms with Crippen LogP contribution in [0.3, 0.4) is 0 Å². The summed E-state index contributed by atoms with van der Waals surface area (Å²) in [7, 11) is -3.79. The van der Waals surface area contributed by atoms with Gasteiger partial charge in [0, 0.05) is 11.8 Å². The Morgan fingerprint density at radius 3 is 2.69 bits per heavy atom. The number of aryl methyl sites for hydroxylation is 1. The molecule has 2 N–H and O–H groups in total. The van der Waals surface area contributed by atoms with E-state index in [-0.39, 0.29) is 21.5 Å². The van der Waals surface area contributed by atoms with Crippen molar-refractivity contribution in [3.63, 3.8) is 0 Å². The lowest BCUT2D eigenvalue weighted by Gasteiger charge is -2.15. The lowest BCUT2D eigenvalue weighted by Crippen LogP contribution is -2.33. The van der Waals surface area contributed by atoms with E-state index in [0.717, 1.165) is 17.7 Å². The van der Waals surface area contributed by atoms with Gasteiger partial charge in [0.25, 0.3) is 5.91 Å². The fourth-order valence-electron chi connectivity index (χ4n) is 2.84. The maximum atomic E-state index is 12.8. The molecule has 6 nitrogen and oxygen atoms in total. The van der Waals surface area contributed by atoms with Gasteiger partial charge in [-0.2, -0.15) is 0 Å². The Kier molecular flexibility index (Phi) is 7.34. The molecular formula is C20H22ClN3O3S2. The quantitative estimate of drug-likeness (QED) is 0.674. The molecule has 0 bridgehead atoms. The van der Waals surface area contributed by atoms with Gasteiger partial charge in [-0.1, -0.05) is 53.7 Å². The van der Waals surface area contributed by atoms with Crippen LogP contribution in [0.15, 0.2) is 58.4 Å². The molecule has 1 atom stereocenters. The molecule has 29 heavy (non-hydrogen) atoms. The highest BCUT2D eigenvalue weighted by atomic mass is 35.5. The van der Waals surface area contributed by atoms with Crippen molar-refractivity contribution in [3.8, 4) is 0 Å². The molecular weight excluding hydrogens is 430 g/mol. The van der Waals surface area contributed by atoms with Gasteiger partial charge < -0.3 is 5.32 Å². The minimum absolute atomic E-state index is 0.000347. The fourth-order valence-corrected chi connectivity index (χ4v) is 5.07. The zero-order valence-corrected chi connectivity index (χ0v) is 18.3. The molecule has 0 radical (unpaired) electrons. The van der Waals surface area contributed by atoms with Gasteiger partial charge in [-0.3, -0.25) is 9.79 Å². The third-order valence-corrected chi connectivity index (χ3v) is 7.17. The van der Waals surface area contributed by atoms with Crippen LogP contribution in [0.1, 0.15) is 29.3 Å². The Bertz CT molecular complexity index is 1010. The topological polar surface area (TPSA) is 87.6 Å². The van der Waals surface area contributed by atoms with Gasteiger partial charge in [0.05, 0.1) is 22.0 Å². The maximum absolute atomic E-state index is 12.8. The largest absolute Gasteiger partial charge is 0.301 e. The Morgan fingerprint density at radius 2 is 2.00 bits per heavy atom. The van der Waals surface area contributed by atoms with Crippen LogP contribution in [0.4, 0.5) is 0 Å². The first-order valence-corrected chi connectivity index (χ1v) is 12.0. The Hall–Kier alpha value is -1.87. The van der Waals surface area contributed by atoms with Crippen LogP contribution in [-0.4, -0.2) is 37.8 Å². The molecule has 1 amide bonds. The number of rotatable bonds is 7. The van der Waals surface area contributed by atoms with E-state index in [2.05, 4.69) is 15.0 Å². The number of sulfonamides is 1. The predicted molar refractivity (Wildman–Crippen MR) is 118 cm³/mol. The molecule has 1 aliphatic rings. The molecule has 0 aromatic heterocycles. The minimum Gasteiger partial charge on any atom is -0.301 e. The Balaban J connectivity index is 1.68. The average Bonchev–Trinajstić information content (AvgIpc) is 3.20. The fraction of sp³-hybridized carbons (Fsp3) is 0.300. The van der Waals surface area contributed by atoms with E-state index in [1.54, 1.807) is 0 Å². The van der Waals surface area contributed by atoms with Gasteiger partial charge in [0.15, 0.2) is 5.17 Å². The number of amidine groups is 1. The number of nitrogens with one attached hydrogen (secondary N) is 2. The molecule has 2 aromatic carbocycles. The van der Waals surface area contributed by atoms with Crippen molar-refractivity contribution in [2.24, 2.45) is 4.99 Å². The van der Waals surface area contributed by atoms with Gasteiger partial charge in [-0.25, -0.2) is 13.1 Å². The number of aliphatic imine (C=N–C) groups is 1. The summed E-state index contributed by atoms with van der Waals surface area (Å²) in [5, 5.41) is 3.37. The molecule has 9 heteroatoms. The zero-order chi connectivity index (χ0) is 20.9. The highest BCUT2D eigenvalue weighted by Gasteiger charge is 2.22. The summed E-state index contributed by atoms with van der Waals surface area (Å²) in [6.45, 7) is 2.46. The molecule has 0 spiro atoms. The minimum atomic E-state index is -3.79. The summed E-state index contributed by atoms with van der Waals surface area (Å²) < 4.78 is 28.2. The SMILES string of the molecule is C[C@@H](CCc1ccccc1)NS(=O)(=O)c1ccc(Cl)c(C(=O)NC2=NCCS2)c1. The van der Waals surface area contributed by atoms with E-state index in [4.69, 9.17) is 11.6 Å². The van der Waals surface area contributed by atoms with Crippen molar-refractivity contribution in [1.82, 2.24) is 10.0 Å². The highest BCUT2D eigenvalue weighted by Crippen LogP contribution is 2.22. The van der Waals surface area contributed by atoms with Gasteiger partial charge in [0.2, 0.25) is 10.0 Å². The van der Waals surface area contributed by atoms with Crippen LogP contribution in [0.2, 0.25) is 5.02 Å². The normalized spacial score (nSPS) is 15.0. The van der Waals surface area contributed by atoms with Crippen LogP contribution < -0.4 is 10.0 Å². The monoisotopic (exact) mass is 451 g/mol. The third-order valence-electron chi connectivity index (χ3n) is 4.36. The summed E-state index contributed by atoms with van der Waals surface area (Å²) in [6, 6.07) is 13.7. The smallest absolute Gasteiger partial charge is 0.258 e. The Morgan fingerprint density at radius 1 is 1.24 bits per heavy atom. The number of hydrogen-bond acceptors (Lipinski definition) is 5. The van der Waals surface area contributed by atoms with Crippen molar-refractivity contribution in [2.75, 3.05) is 12.3 Å². The molecule has 154 valence electrons. The first-order chi connectivity index (χ1) is 13.8. The summed E-state index contributed by atoms with van der Waals surface area (Å²) in [4.78, 5) is 16.6. The molecule has 0 saturated heterocycles. The van der Waals surface area contributed by atoms with Gasteiger partial charge in [-0.15, -0.1) is 0 Å². The first-order valence-electron chi connectivity index (χ1n) is 9.19. The number of thioether (sulfide) groups is 1. The molecule has 0 unspecified atom stereocenters. The average molecular weight is 452 g/mol. The summed E-state index contributed by atoms with van der Waals surface area (Å²) in [5.74, 6) is 0.333. The van der Waals surface area contributed by atoms with Gasteiger partial charge in [-0.05, 0) is 43.5 Å². The van der Waals surface area contributed by atoms with E-state index < -0.39 is 15.9 Å². The zero-order valence-electron chi connectivity index (χ0n) is 15.9. The predicted octanol–water partition coefficient (Wildman–Crippen LogP) is 3.47. The molecule has 0 fully saturated rings. The second-order valence-corrected chi connectivity index (χ2v) is 9.88. The lowest BCUT2D eigenvalue weighted by molar-refractivity contribution is 0.0978. The number of carbonyl (C=O) groups excluding carboxylic acids is 1. The molecule has 1 heterocycles. The number of nitrogens with zero attached hydrogens (tertiary/aromatic N) is 1. The second-order valence-electron chi connectivity index (χ2n) is 6.68. The van der Waals surface area contributed by atoms with Gasteiger partial charge >= 0.3 is 0 Å². The van der Waals surface area contributed by atoms with E-state index in [1.165, 1.54) is 30.0 Å². The highest BCUT2D eigenvalue weighted by molar-refractivity contribution is 8.14. The van der Waals surface area contributed by atoms with Crippen LogP contribution in [0.25, 0.3) is 0 Å². The maximum Gasteiger partial charge on any atom is 0.258 e. The van der Waals surface area contributed by atoms with Crippen LogP contribution >= 0.6 is 23.4 Å². The summed E-state index contributed by atoms with van der Waals surface area (Å²) >= 11 is 7.56. The molecule has 0 saturated carbocycles. The standard InChI is InChI=1S/C20H22ClN3O3S2/c1-14(7-8-15-5-3-2-4-6-15)24-29(26,27)16-9-10-18(21)17(13-16)19(25)23-20-22-11-12-28-20/h2-6,9-10,13-14,24H,7-8,11-12H2,1H3,(H,22,23,25)/t14-/m0/s1. The number of halogens is 1. The molecule has 3 rings (SSSR count). The molecule has 0 aliphatic carbocycles. The van der Waals surface area contributed by atoms with E-state index in [0.29, 0.717) is 18.1 Å². The summed E-state index contributed by atoms with van der Waals surface area (Å²) in [6.07, 6.45) is 1.42. The Labute approximate surface area is 180 Å².